The number of nitrogens with zero attached hydrogens (tertiary/aromatic N) is 1. The Labute approximate surface area is 180 Å². The summed E-state index contributed by atoms with van der Waals surface area (Å²) in [5.41, 5.74) is 2.54. The number of carbonyl (C=O) groups excluding carboxylic acids is 2. The number of hydrogen-bond acceptors (Lipinski definition) is 6. The van der Waals surface area contributed by atoms with Crippen molar-refractivity contribution in [2.45, 2.75) is 30.7 Å². The molecule has 0 saturated heterocycles. The molecule has 8 nitrogen and oxygen atoms in total. The van der Waals surface area contributed by atoms with Gasteiger partial charge >= 0.3 is 6.09 Å². The molecule has 2 aromatic carbocycles. The number of anilines is 2. The van der Waals surface area contributed by atoms with Crippen LogP contribution in [0.5, 0.6) is 0 Å². The molecule has 0 fully saturated rings. The zero-order chi connectivity index (χ0) is 21.9. The quantitative estimate of drug-likeness (QED) is 0.723. The highest BCUT2D eigenvalue weighted by Crippen LogP contribution is 2.31. The average Bonchev–Trinajstić information content (AvgIpc) is 2.72. The van der Waals surface area contributed by atoms with Gasteiger partial charge in [0.25, 0.3) is 10.0 Å². The van der Waals surface area contributed by atoms with E-state index in [0.29, 0.717) is 10.7 Å². The van der Waals surface area contributed by atoms with Crippen molar-refractivity contribution in [1.82, 2.24) is 4.72 Å². The van der Waals surface area contributed by atoms with Crippen LogP contribution in [0.25, 0.3) is 0 Å². The number of nitrogens with one attached hydrogen (secondary N) is 2. The number of benzene rings is 2. The second-order valence-electron chi connectivity index (χ2n) is 6.86. The van der Waals surface area contributed by atoms with Crippen LogP contribution in [-0.4, -0.2) is 40.1 Å². The van der Waals surface area contributed by atoms with E-state index in [1.165, 1.54) is 24.3 Å². The predicted molar refractivity (Wildman–Crippen MR) is 114 cm³/mol. The summed E-state index contributed by atoms with van der Waals surface area (Å²) < 4.78 is 30.2. The Kier molecular flexibility index (Phi) is 6.52. The lowest BCUT2D eigenvalue weighted by Crippen LogP contribution is -2.44. The maximum absolute atomic E-state index is 12.8. The second kappa shape index (κ2) is 8.93. The van der Waals surface area contributed by atoms with E-state index < -0.39 is 22.2 Å². The van der Waals surface area contributed by atoms with Gasteiger partial charge in [-0.15, -0.1) is 0 Å². The minimum absolute atomic E-state index is 0.124. The Bertz CT molecular complexity index is 1060. The first kappa shape index (κ1) is 21.9. The topological polar surface area (TPSA) is 105 Å². The standard InChI is InChI=1S/C20H22ClN3O5S/c1-13(24-11-3-4-14-12-15(21)5-10-18(14)24)19(25)22-16-6-8-17(9-7-16)30(27,28)23-20(26)29-2/h5-10,12-13H,3-4,11H2,1-2H3,(H,22,25)(H,23,26)/t13-/m0/s1. The van der Waals surface area contributed by atoms with Crippen molar-refractivity contribution in [1.29, 1.82) is 0 Å². The Morgan fingerprint density at radius 1 is 1.17 bits per heavy atom. The maximum Gasteiger partial charge on any atom is 0.420 e. The molecular formula is C20H22ClN3O5S. The molecule has 1 aliphatic heterocycles. The van der Waals surface area contributed by atoms with E-state index in [4.69, 9.17) is 11.6 Å². The number of ether oxygens (including phenoxy) is 1. The zero-order valence-electron chi connectivity index (χ0n) is 16.5. The Hall–Kier alpha value is -2.78. The molecular weight excluding hydrogens is 430 g/mol. The molecule has 2 aromatic rings. The van der Waals surface area contributed by atoms with Gasteiger partial charge in [-0.3, -0.25) is 4.79 Å². The van der Waals surface area contributed by atoms with Gasteiger partial charge in [0.05, 0.1) is 12.0 Å². The second-order valence-corrected chi connectivity index (χ2v) is 8.98. The minimum Gasteiger partial charge on any atom is -0.452 e. The van der Waals surface area contributed by atoms with Gasteiger partial charge in [-0.2, -0.15) is 0 Å². The van der Waals surface area contributed by atoms with Crippen LogP contribution < -0.4 is 14.9 Å². The molecule has 0 radical (unpaired) electrons. The molecule has 0 unspecified atom stereocenters. The lowest BCUT2D eigenvalue weighted by atomic mass is 10.00. The summed E-state index contributed by atoms with van der Waals surface area (Å²) >= 11 is 6.08. The number of halogens is 1. The lowest BCUT2D eigenvalue weighted by molar-refractivity contribution is -0.117. The van der Waals surface area contributed by atoms with Gasteiger partial charge in [-0.05, 0) is 67.8 Å². The van der Waals surface area contributed by atoms with Crippen LogP contribution in [0, 0.1) is 0 Å². The molecule has 1 aliphatic rings. The third-order valence-electron chi connectivity index (χ3n) is 4.88. The van der Waals surface area contributed by atoms with Crippen LogP contribution in [0.3, 0.4) is 0 Å². The molecule has 2 amide bonds. The molecule has 2 N–H and O–H groups in total. The predicted octanol–water partition coefficient (Wildman–Crippen LogP) is 3.16. The van der Waals surface area contributed by atoms with Crippen LogP contribution in [-0.2, 0) is 26.0 Å². The van der Waals surface area contributed by atoms with Crippen LogP contribution in [0.15, 0.2) is 47.4 Å². The Morgan fingerprint density at radius 2 is 1.87 bits per heavy atom. The Morgan fingerprint density at radius 3 is 2.53 bits per heavy atom. The number of sulfonamides is 1. The summed E-state index contributed by atoms with van der Waals surface area (Å²) in [7, 11) is -2.97. The first-order valence-electron chi connectivity index (χ1n) is 9.28. The van der Waals surface area contributed by atoms with Gasteiger partial charge in [0, 0.05) is 22.9 Å². The first-order valence-corrected chi connectivity index (χ1v) is 11.1. The number of hydrogen-bond donors (Lipinski definition) is 2. The summed E-state index contributed by atoms with van der Waals surface area (Å²) in [6.45, 7) is 2.57. The third kappa shape index (κ3) is 4.85. The van der Waals surface area contributed by atoms with Crippen molar-refractivity contribution in [3.05, 3.63) is 53.1 Å². The van der Waals surface area contributed by atoms with Gasteiger partial charge < -0.3 is 15.0 Å². The summed E-state index contributed by atoms with van der Waals surface area (Å²) in [5.74, 6) is -0.221. The fourth-order valence-electron chi connectivity index (χ4n) is 3.31. The van der Waals surface area contributed by atoms with Crippen molar-refractivity contribution in [3.8, 4) is 0 Å². The van der Waals surface area contributed by atoms with Gasteiger partial charge in [0.15, 0.2) is 0 Å². The average molecular weight is 452 g/mol. The monoisotopic (exact) mass is 451 g/mol. The molecule has 1 heterocycles. The SMILES string of the molecule is COC(=O)NS(=O)(=O)c1ccc(NC(=O)[C@H](C)N2CCCc3cc(Cl)ccc32)cc1. The van der Waals surface area contributed by atoms with E-state index in [9.17, 15) is 18.0 Å². The number of methoxy groups -OCH3 is 1. The van der Waals surface area contributed by atoms with Crippen LogP contribution in [0.4, 0.5) is 16.2 Å². The third-order valence-corrected chi connectivity index (χ3v) is 6.44. The van der Waals surface area contributed by atoms with E-state index >= 15 is 0 Å². The van der Waals surface area contributed by atoms with Gasteiger partial charge in [-0.25, -0.2) is 17.9 Å². The van der Waals surface area contributed by atoms with Gasteiger partial charge in [0.2, 0.25) is 5.91 Å². The van der Waals surface area contributed by atoms with Gasteiger partial charge in [-0.1, -0.05) is 11.6 Å². The number of carbonyl (C=O) groups is 2. The fourth-order valence-corrected chi connectivity index (χ4v) is 4.42. The summed E-state index contributed by atoms with van der Waals surface area (Å²) in [6, 6.07) is 10.7. The van der Waals surface area contributed by atoms with E-state index in [2.05, 4.69) is 10.1 Å². The molecule has 0 aliphatic carbocycles. The van der Waals surface area contributed by atoms with Crippen molar-refractivity contribution in [2.24, 2.45) is 0 Å². The van der Waals surface area contributed by atoms with Crippen molar-refractivity contribution < 1.29 is 22.7 Å². The summed E-state index contributed by atoms with van der Waals surface area (Å²) in [4.78, 5) is 25.9. The highest BCUT2D eigenvalue weighted by atomic mass is 35.5. The minimum atomic E-state index is -4.04. The largest absolute Gasteiger partial charge is 0.452 e. The molecule has 0 spiro atoms. The van der Waals surface area contributed by atoms with E-state index in [1.807, 2.05) is 30.0 Å². The van der Waals surface area contributed by atoms with E-state index in [-0.39, 0.29) is 10.8 Å². The Balaban J connectivity index is 1.70. The number of rotatable bonds is 5. The molecule has 0 saturated carbocycles. The van der Waals surface area contributed by atoms with E-state index in [0.717, 1.165) is 37.7 Å². The lowest BCUT2D eigenvalue weighted by Gasteiger charge is -2.35. The fraction of sp³-hybridized carbons (Fsp3) is 0.300. The first-order chi connectivity index (χ1) is 14.2. The normalized spacial score (nSPS) is 14.4. The molecule has 1 atom stereocenters. The van der Waals surface area contributed by atoms with Crippen molar-refractivity contribution >= 4 is 45.0 Å². The molecule has 10 heteroatoms. The smallest absolute Gasteiger partial charge is 0.420 e. The number of amides is 2. The van der Waals surface area contributed by atoms with E-state index in [1.54, 1.807) is 4.72 Å². The molecule has 160 valence electrons. The van der Waals surface area contributed by atoms with Crippen molar-refractivity contribution in [3.63, 3.8) is 0 Å². The summed E-state index contributed by atoms with van der Waals surface area (Å²) in [6.07, 6.45) is 0.755. The highest BCUT2D eigenvalue weighted by molar-refractivity contribution is 7.90. The maximum atomic E-state index is 12.8. The molecule has 30 heavy (non-hydrogen) atoms. The number of fused-ring (bicyclic) bond motifs is 1. The molecule has 3 rings (SSSR count). The van der Waals surface area contributed by atoms with Crippen LogP contribution in [0.1, 0.15) is 18.9 Å². The highest BCUT2D eigenvalue weighted by Gasteiger charge is 2.26. The molecule has 0 aromatic heterocycles. The number of aryl methyl sites for hydroxylation is 1. The van der Waals surface area contributed by atoms with Crippen LogP contribution >= 0.6 is 11.6 Å². The zero-order valence-corrected chi connectivity index (χ0v) is 18.1. The summed E-state index contributed by atoms with van der Waals surface area (Å²) in [5, 5.41) is 3.47. The van der Waals surface area contributed by atoms with Crippen LogP contribution in [0.2, 0.25) is 5.02 Å². The van der Waals surface area contributed by atoms with Crippen molar-refractivity contribution in [2.75, 3.05) is 23.9 Å². The van der Waals surface area contributed by atoms with Gasteiger partial charge in [0.1, 0.15) is 6.04 Å². The molecule has 0 bridgehead atoms.